The van der Waals surface area contributed by atoms with Crippen molar-refractivity contribution in [3.63, 3.8) is 0 Å². The van der Waals surface area contributed by atoms with Gasteiger partial charge in [-0.05, 0) is 58.5 Å². The van der Waals surface area contributed by atoms with Gasteiger partial charge >= 0.3 is 5.97 Å². The first-order valence-corrected chi connectivity index (χ1v) is 8.03. The molecule has 0 radical (unpaired) electrons. The Kier molecular flexibility index (Phi) is 4.70. The maximum absolute atomic E-state index is 12.3. The third-order valence-corrected chi connectivity index (χ3v) is 4.25. The molecule has 0 atom stereocenters. The van der Waals surface area contributed by atoms with Crippen molar-refractivity contribution in [2.75, 3.05) is 6.79 Å². The van der Waals surface area contributed by atoms with Crippen LogP contribution < -0.4 is 14.8 Å². The van der Waals surface area contributed by atoms with E-state index in [0.717, 1.165) is 3.57 Å². The van der Waals surface area contributed by atoms with E-state index in [0.29, 0.717) is 22.6 Å². The number of fused-ring (bicyclic) bond motifs is 1. The standard InChI is InChI=1S/C17H12INO5/c18-12-4-2-1-3-11(12)16(20)19-13(17(21)22)7-10-5-6-14-15(8-10)24-9-23-14/h1-8H,9H2,(H,19,20)(H,21,22)/b13-7+. The van der Waals surface area contributed by atoms with Crippen LogP contribution in [0.1, 0.15) is 15.9 Å². The zero-order valence-electron chi connectivity index (χ0n) is 12.3. The highest BCUT2D eigenvalue weighted by Gasteiger charge is 2.17. The number of carboxylic acid groups (broad SMARTS) is 1. The van der Waals surface area contributed by atoms with Gasteiger partial charge in [-0.25, -0.2) is 4.79 Å². The maximum Gasteiger partial charge on any atom is 0.352 e. The Hall–Kier alpha value is -2.55. The van der Waals surface area contributed by atoms with Crippen molar-refractivity contribution in [2.24, 2.45) is 0 Å². The number of carboxylic acids is 1. The van der Waals surface area contributed by atoms with Crippen LogP contribution in [0.2, 0.25) is 0 Å². The number of rotatable bonds is 4. The summed E-state index contributed by atoms with van der Waals surface area (Å²) < 4.78 is 11.2. The molecule has 0 bridgehead atoms. The highest BCUT2D eigenvalue weighted by atomic mass is 127. The molecule has 24 heavy (non-hydrogen) atoms. The molecular weight excluding hydrogens is 425 g/mol. The van der Waals surface area contributed by atoms with Gasteiger partial charge in [0.05, 0.1) is 5.56 Å². The predicted molar refractivity (Wildman–Crippen MR) is 94.8 cm³/mol. The van der Waals surface area contributed by atoms with E-state index in [1.807, 2.05) is 22.6 Å². The van der Waals surface area contributed by atoms with Crippen LogP contribution in [0.15, 0.2) is 48.2 Å². The van der Waals surface area contributed by atoms with E-state index < -0.39 is 11.9 Å². The van der Waals surface area contributed by atoms with Crippen LogP contribution >= 0.6 is 22.6 Å². The van der Waals surface area contributed by atoms with Crippen LogP contribution in [0, 0.1) is 3.57 Å². The zero-order chi connectivity index (χ0) is 17.1. The first-order valence-electron chi connectivity index (χ1n) is 6.95. The number of nitrogens with one attached hydrogen (secondary N) is 1. The Balaban J connectivity index is 1.86. The van der Waals surface area contributed by atoms with Gasteiger partial charge in [-0.2, -0.15) is 0 Å². The number of carbonyl (C=O) groups is 2. The average molecular weight is 437 g/mol. The first kappa shape index (κ1) is 16.3. The molecule has 1 amide bonds. The van der Waals surface area contributed by atoms with Crippen molar-refractivity contribution >= 4 is 40.5 Å². The molecular formula is C17H12INO5. The number of hydrogen-bond donors (Lipinski definition) is 2. The van der Waals surface area contributed by atoms with E-state index >= 15 is 0 Å². The zero-order valence-corrected chi connectivity index (χ0v) is 14.4. The van der Waals surface area contributed by atoms with Gasteiger partial charge in [0.15, 0.2) is 11.5 Å². The normalized spacial score (nSPS) is 12.8. The molecule has 0 fully saturated rings. The molecule has 122 valence electrons. The molecule has 1 aliphatic heterocycles. The third kappa shape index (κ3) is 3.51. The van der Waals surface area contributed by atoms with Crippen molar-refractivity contribution < 1.29 is 24.2 Å². The molecule has 0 aliphatic carbocycles. The minimum Gasteiger partial charge on any atom is -0.477 e. The lowest BCUT2D eigenvalue weighted by Crippen LogP contribution is -2.27. The van der Waals surface area contributed by atoms with Crippen molar-refractivity contribution in [1.82, 2.24) is 5.32 Å². The molecule has 0 spiro atoms. The highest BCUT2D eigenvalue weighted by Crippen LogP contribution is 2.33. The minimum absolute atomic E-state index is 0.136. The fourth-order valence-electron chi connectivity index (χ4n) is 2.16. The first-order chi connectivity index (χ1) is 11.5. The van der Waals surface area contributed by atoms with Gasteiger partial charge in [0.25, 0.3) is 5.91 Å². The number of amides is 1. The molecule has 2 aromatic carbocycles. The van der Waals surface area contributed by atoms with Crippen molar-refractivity contribution in [1.29, 1.82) is 0 Å². The monoisotopic (exact) mass is 437 g/mol. The van der Waals surface area contributed by atoms with Crippen LogP contribution in [0.5, 0.6) is 11.5 Å². The summed E-state index contributed by atoms with van der Waals surface area (Å²) in [6.45, 7) is 0.136. The summed E-state index contributed by atoms with van der Waals surface area (Å²) in [6, 6.07) is 12.0. The van der Waals surface area contributed by atoms with E-state index in [4.69, 9.17) is 9.47 Å². The number of halogens is 1. The quantitative estimate of drug-likeness (QED) is 0.568. The number of hydrogen-bond acceptors (Lipinski definition) is 4. The van der Waals surface area contributed by atoms with E-state index in [1.165, 1.54) is 6.08 Å². The molecule has 2 N–H and O–H groups in total. The van der Waals surface area contributed by atoms with Crippen LogP contribution in [-0.4, -0.2) is 23.8 Å². The summed E-state index contributed by atoms with van der Waals surface area (Å²) in [5.41, 5.74) is 0.772. The average Bonchev–Trinajstić information content (AvgIpc) is 3.02. The highest BCUT2D eigenvalue weighted by molar-refractivity contribution is 14.1. The lowest BCUT2D eigenvalue weighted by atomic mass is 10.1. The molecule has 0 unspecified atom stereocenters. The molecule has 7 heteroatoms. The van der Waals surface area contributed by atoms with E-state index in [9.17, 15) is 14.7 Å². The molecule has 2 aromatic rings. The van der Waals surface area contributed by atoms with Gasteiger partial charge in [-0.1, -0.05) is 18.2 Å². The molecule has 6 nitrogen and oxygen atoms in total. The second kappa shape index (κ2) is 6.91. The second-order valence-electron chi connectivity index (χ2n) is 4.91. The number of carbonyl (C=O) groups excluding carboxylic acids is 1. The molecule has 0 saturated heterocycles. The number of ether oxygens (including phenoxy) is 2. The Morgan fingerprint density at radius 2 is 1.88 bits per heavy atom. The summed E-state index contributed by atoms with van der Waals surface area (Å²) in [5.74, 6) is -0.564. The van der Waals surface area contributed by atoms with Crippen LogP contribution in [0.4, 0.5) is 0 Å². The van der Waals surface area contributed by atoms with Gasteiger partial charge in [0.2, 0.25) is 6.79 Å². The lowest BCUT2D eigenvalue weighted by molar-refractivity contribution is -0.132. The smallest absolute Gasteiger partial charge is 0.352 e. The van der Waals surface area contributed by atoms with Gasteiger partial charge in [-0.15, -0.1) is 0 Å². The predicted octanol–water partition coefficient (Wildman–Crippen LogP) is 2.88. The Bertz CT molecular complexity index is 847. The minimum atomic E-state index is -1.23. The number of benzene rings is 2. The maximum atomic E-state index is 12.3. The third-order valence-electron chi connectivity index (χ3n) is 3.30. The fourth-order valence-corrected chi connectivity index (χ4v) is 2.79. The largest absolute Gasteiger partial charge is 0.477 e. The van der Waals surface area contributed by atoms with E-state index in [-0.39, 0.29) is 12.5 Å². The lowest BCUT2D eigenvalue weighted by Gasteiger charge is -2.08. The molecule has 1 aliphatic rings. The summed E-state index contributed by atoms with van der Waals surface area (Å²) in [7, 11) is 0. The van der Waals surface area contributed by atoms with Crippen LogP contribution in [0.3, 0.4) is 0 Å². The van der Waals surface area contributed by atoms with Gasteiger partial charge in [-0.3, -0.25) is 4.79 Å². The number of aliphatic carboxylic acids is 1. The van der Waals surface area contributed by atoms with Gasteiger partial charge in [0.1, 0.15) is 5.70 Å². The topological polar surface area (TPSA) is 84.9 Å². The SMILES string of the molecule is O=C(O)/C(=C\c1ccc2c(c1)OCO2)NC(=O)c1ccccc1I. The summed E-state index contributed by atoms with van der Waals surface area (Å²) in [5, 5.41) is 11.8. The summed E-state index contributed by atoms with van der Waals surface area (Å²) in [6.07, 6.45) is 1.37. The van der Waals surface area contributed by atoms with Crippen LogP contribution in [-0.2, 0) is 4.79 Å². The molecule has 0 saturated carbocycles. The van der Waals surface area contributed by atoms with Crippen molar-refractivity contribution in [2.45, 2.75) is 0 Å². The summed E-state index contributed by atoms with van der Waals surface area (Å²) >= 11 is 2.03. The van der Waals surface area contributed by atoms with Gasteiger partial charge < -0.3 is 19.9 Å². The van der Waals surface area contributed by atoms with E-state index in [2.05, 4.69) is 5.32 Å². The van der Waals surface area contributed by atoms with E-state index in [1.54, 1.807) is 42.5 Å². The van der Waals surface area contributed by atoms with Crippen molar-refractivity contribution in [3.05, 3.63) is 62.9 Å². The fraction of sp³-hybridized carbons (Fsp3) is 0.0588. The summed E-state index contributed by atoms with van der Waals surface area (Å²) in [4.78, 5) is 23.7. The Morgan fingerprint density at radius 1 is 1.12 bits per heavy atom. The molecule has 1 heterocycles. The molecule has 3 rings (SSSR count). The Morgan fingerprint density at radius 3 is 2.62 bits per heavy atom. The molecule has 0 aromatic heterocycles. The van der Waals surface area contributed by atoms with Gasteiger partial charge in [0, 0.05) is 3.57 Å². The Labute approximate surface area is 151 Å². The van der Waals surface area contributed by atoms with Crippen molar-refractivity contribution in [3.8, 4) is 11.5 Å². The van der Waals surface area contributed by atoms with Crippen LogP contribution in [0.25, 0.3) is 6.08 Å². The second-order valence-corrected chi connectivity index (χ2v) is 6.07.